The van der Waals surface area contributed by atoms with Crippen molar-refractivity contribution in [2.24, 2.45) is 0 Å². The van der Waals surface area contributed by atoms with Crippen molar-refractivity contribution in [3.8, 4) is 0 Å². The van der Waals surface area contributed by atoms with Crippen molar-refractivity contribution in [3.63, 3.8) is 0 Å². The van der Waals surface area contributed by atoms with Gasteiger partial charge in [0.25, 0.3) is 0 Å². The van der Waals surface area contributed by atoms with Crippen LogP contribution in [0.2, 0.25) is 0 Å². The minimum absolute atomic E-state index is 0.511. The summed E-state index contributed by atoms with van der Waals surface area (Å²) in [7, 11) is 0. The monoisotopic (exact) mass is 318 g/mol. The number of rotatable bonds is 2. The first-order valence-electron chi connectivity index (χ1n) is 8.94. The molecule has 122 valence electrons. The second-order valence-electron chi connectivity index (χ2n) is 7.00. The topological polar surface area (TPSA) is 37.2 Å². The molecule has 2 N–H and O–H groups in total. The number of benzene rings is 2. The minimum atomic E-state index is -0.558. The van der Waals surface area contributed by atoms with Gasteiger partial charge in [-0.1, -0.05) is 36.4 Å². The number of aliphatic hydroxyl groups excluding tert-OH is 1. The van der Waals surface area contributed by atoms with Crippen molar-refractivity contribution in [2.45, 2.75) is 38.0 Å². The molecular formula is C21H22N2O. The molecule has 0 amide bonds. The molecule has 0 fully saturated rings. The zero-order valence-electron chi connectivity index (χ0n) is 13.7. The lowest BCUT2D eigenvalue weighted by molar-refractivity contribution is 0.220. The number of hydrogen-bond donors (Lipinski definition) is 2. The van der Waals surface area contributed by atoms with Crippen molar-refractivity contribution in [2.75, 3.05) is 6.54 Å². The van der Waals surface area contributed by atoms with E-state index in [1.807, 2.05) is 30.3 Å². The molecule has 1 aliphatic heterocycles. The Hall–Kier alpha value is -2.10. The van der Waals surface area contributed by atoms with Gasteiger partial charge >= 0.3 is 0 Å². The van der Waals surface area contributed by atoms with Gasteiger partial charge in [0.15, 0.2) is 0 Å². The fourth-order valence-electron chi connectivity index (χ4n) is 4.53. The molecule has 0 bridgehead atoms. The molecule has 1 aliphatic carbocycles. The van der Waals surface area contributed by atoms with Crippen LogP contribution in [0, 0.1) is 0 Å². The van der Waals surface area contributed by atoms with Crippen LogP contribution in [-0.4, -0.2) is 16.2 Å². The largest absolute Gasteiger partial charge is 0.384 e. The first-order valence-corrected chi connectivity index (χ1v) is 8.94. The van der Waals surface area contributed by atoms with Gasteiger partial charge in [-0.3, -0.25) is 0 Å². The Labute approximate surface area is 141 Å². The Morgan fingerprint density at radius 2 is 1.96 bits per heavy atom. The van der Waals surface area contributed by atoms with Crippen molar-refractivity contribution in [3.05, 3.63) is 70.9 Å². The van der Waals surface area contributed by atoms with E-state index in [2.05, 4.69) is 28.1 Å². The highest BCUT2D eigenvalue weighted by molar-refractivity contribution is 5.87. The van der Waals surface area contributed by atoms with E-state index in [1.54, 1.807) is 0 Å². The predicted molar refractivity (Wildman–Crippen MR) is 96.1 cm³/mol. The SMILES string of the molecule is O[C@H](c1ccccc1)c1ccc2c(c1)c1c3n2CCN[C@H]3CCC1. The van der Waals surface area contributed by atoms with Gasteiger partial charge in [-0.15, -0.1) is 0 Å². The van der Waals surface area contributed by atoms with Crippen LogP contribution in [0.5, 0.6) is 0 Å². The van der Waals surface area contributed by atoms with Crippen LogP contribution in [0.3, 0.4) is 0 Å². The molecule has 3 aromatic rings. The molecule has 1 aromatic heterocycles. The van der Waals surface area contributed by atoms with E-state index < -0.39 is 6.10 Å². The van der Waals surface area contributed by atoms with Gasteiger partial charge in [0.05, 0.1) is 0 Å². The Morgan fingerprint density at radius 1 is 1.08 bits per heavy atom. The molecule has 3 heteroatoms. The van der Waals surface area contributed by atoms with E-state index in [4.69, 9.17) is 0 Å². The second kappa shape index (κ2) is 5.47. The second-order valence-corrected chi connectivity index (χ2v) is 7.00. The fourth-order valence-corrected chi connectivity index (χ4v) is 4.53. The quantitative estimate of drug-likeness (QED) is 0.756. The smallest absolute Gasteiger partial charge is 0.104 e. The molecule has 2 atom stereocenters. The summed E-state index contributed by atoms with van der Waals surface area (Å²) in [6, 6.07) is 16.9. The summed E-state index contributed by atoms with van der Waals surface area (Å²) in [4.78, 5) is 0. The molecule has 0 unspecified atom stereocenters. The molecule has 3 nitrogen and oxygen atoms in total. The molecule has 2 aliphatic rings. The molecule has 24 heavy (non-hydrogen) atoms. The van der Waals surface area contributed by atoms with Gasteiger partial charge in [0.2, 0.25) is 0 Å². The lowest BCUT2D eigenvalue weighted by Gasteiger charge is -2.31. The normalized spacial score (nSPS) is 20.8. The van der Waals surface area contributed by atoms with E-state index in [1.165, 1.54) is 35.0 Å². The summed E-state index contributed by atoms with van der Waals surface area (Å²) in [6.07, 6.45) is 3.08. The summed E-state index contributed by atoms with van der Waals surface area (Å²) >= 11 is 0. The van der Waals surface area contributed by atoms with Crippen LogP contribution in [0.25, 0.3) is 10.9 Å². The number of aliphatic hydroxyl groups is 1. The maximum atomic E-state index is 10.8. The standard InChI is InChI=1S/C21H22N2O/c24-21(14-5-2-1-3-6-14)15-9-10-19-17(13-15)16-7-4-8-18-20(16)23(19)12-11-22-18/h1-3,5-6,9-10,13,18,21-22,24H,4,7-8,11-12H2/t18-,21+/m0/s1. The van der Waals surface area contributed by atoms with Crippen LogP contribution >= 0.6 is 0 Å². The molecule has 2 aromatic carbocycles. The van der Waals surface area contributed by atoms with Gasteiger partial charge in [-0.2, -0.15) is 0 Å². The number of nitrogens with zero attached hydrogens (tertiary/aromatic N) is 1. The average molecular weight is 318 g/mol. The predicted octanol–water partition coefficient (Wildman–Crippen LogP) is 3.70. The third-order valence-corrected chi connectivity index (χ3v) is 5.64. The van der Waals surface area contributed by atoms with Crippen LogP contribution in [0.1, 0.15) is 47.4 Å². The van der Waals surface area contributed by atoms with Gasteiger partial charge in [-0.05, 0) is 48.1 Å². The first-order chi connectivity index (χ1) is 11.8. The van der Waals surface area contributed by atoms with E-state index >= 15 is 0 Å². The Bertz CT molecular complexity index is 895. The highest BCUT2D eigenvalue weighted by Crippen LogP contribution is 2.40. The lowest BCUT2D eigenvalue weighted by atomic mass is 9.90. The molecular weight excluding hydrogens is 296 g/mol. The summed E-state index contributed by atoms with van der Waals surface area (Å²) in [5, 5.41) is 15.8. The molecule has 0 radical (unpaired) electrons. The minimum Gasteiger partial charge on any atom is -0.384 e. The van der Waals surface area contributed by atoms with Crippen LogP contribution in [-0.2, 0) is 13.0 Å². The van der Waals surface area contributed by atoms with E-state index in [9.17, 15) is 5.11 Å². The molecule has 0 spiro atoms. The van der Waals surface area contributed by atoms with Crippen molar-refractivity contribution >= 4 is 10.9 Å². The highest BCUT2D eigenvalue weighted by Gasteiger charge is 2.30. The van der Waals surface area contributed by atoms with Crippen LogP contribution < -0.4 is 5.32 Å². The third-order valence-electron chi connectivity index (χ3n) is 5.64. The van der Waals surface area contributed by atoms with Gasteiger partial charge in [-0.25, -0.2) is 0 Å². The maximum absolute atomic E-state index is 10.8. The third kappa shape index (κ3) is 2.05. The number of fused-ring (bicyclic) bond motifs is 3. The number of nitrogens with one attached hydrogen (secondary N) is 1. The summed E-state index contributed by atoms with van der Waals surface area (Å²) < 4.78 is 2.50. The molecule has 5 rings (SSSR count). The Balaban J connectivity index is 1.67. The van der Waals surface area contributed by atoms with E-state index in [-0.39, 0.29) is 0 Å². The summed E-state index contributed by atoms with van der Waals surface area (Å²) in [6.45, 7) is 2.10. The van der Waals surface area contributed by atoms with Gasteiger partial charge in [0, 0.05) is 35.7 Å². The Morgan fingerprint density at radius 3 is 2.83 bits per heavy atom. The van der Waals surface area contributed by atoms with E-state index in [0.717, 1.165) is 30.6 Å². The molecule has 0 saturated carbocycles. The van der Waals surface area contributed by atoms with Crippen molar-refractivity contribution in [1.29, 1.82) is 0 Å². The Kier molecular flexibility index (Phi) is 3.25. The van der Waals surface area contributed by atoms with Crippen molar-refractivity contribution in [1.82, 2.24) is 9.88 Å². The zero-order valence-corrected chi connectivity index (χ0v) is 13.7. The van der Waals surface area contributed by atoms with Gasteiger partial charge in [0.1, 0.15) is 6.10 Å². The number of hydrogen-bond acceptors (Lipinski definition) is 2. The van der Waals surface area contributed by atoms with E-state index in [0.29, 0.717) is 6.04 Å². The fraction of sp³-hybridized carbons (Fsp3) is 0.333. The zero-order chi connectivity index (χ0) is 16.1. The number of aryl methyl sites for hydroxylation is 1. The van der Waals surface area contributed by atoms with Crippen LogP contribution in [0.4, 0.5) is 0 Å². The average Bonchev–Trinajstić information content (AvgIpc) is 2.98. The van der Waals surface area contributed by atoms with Crippen LogP contribution in [0.15, 0.2) is 48.5 Å². The lowest BCUT2D eigenvalue weighted by Crippen LogP contribution is -2.35. The molecule has 0 saturated heterocycles. The van der Waals surface area contributed by atoms with Crippen molar-refractivity contribution < 1.29 is 5.11 Å². The summed E-state index contributed by atoms with van der Waals surface area (Å²) in [5.41, 5.74) is 6.26. The maximum Gasteiger partial charge on any atom is 0.104 e. The summed E-state index contributed by atoms with van der Waals surface area (Å²) in [5.74, 6) is 0. The molecule has 2 heterocycles. The first kappa shape index (κ1) is 14.3. The van der Waals surface area contributed by atoms with Gasteiger partial charge < -0.3 is 15.0 Å². The highest BCUT2D eigenvalue weighted by atomic mass is 16.3. The number of aromatic nitrogens is 1.